The molecule has 27 nitrogen and oxygen atoms in total. The Morgan fingerprint density at radius 2 is 1.64 bits per heavy atom. The van der Waals surface area contributed by atoms with Crippen molar-refractivity contribution in [2.75, 3.05) is 24.7 Å². The number of urea groups is 1. The molecule has 2 bridgehead atoms. The maximum atomic E-state index is 13.7. The third-order valence-electron chi connectivity index (χ3n) is 10.5. The number of hydrogen-bond donors (Lipinski definition) is 8. The number of imide groups is 1. The minimum absolute atomic E-state index is 0.0382. The Labute approximate surface area is 324 Å². The topological polar surface area (TPSA) is 380 Å². The highest BCUT2D eigenvalue weighted by molar-refractivity contribution is 7.47. The molecule has 8 rings (SSSR count). The number of phosphoric acid groups is 2. The quantitative estimate of drug-likeness (QED) is 0.0874. The monoisotopic (exact) mass is 860 g/mol. The van der Waals surface area contributed by atoms with E-state index >= 15 is 0 Å². The van der Waals surface area contributed by atoms with Crippen molar-refractivity contribution >= 4 is 50.5 Å². The molecule has 0 saturated carbocycles. The number of nitrogens with zero attached hydrogens (tertiary/aromatic N) is 6. The van der Waals surface area contributed by atoms with Crippen LogP contribution in [0.25, 0.3) is 11.2 Å². The van der Waals surface area contributed by atoms with Gasteiger partial charge in [0.05, 0.1) is 37.6 Å². The van der Waals surface area contributed by atoms with Gasteiger partial charge in [0.2, 0.25) is 11.9 Å². The number of aromatic nitrogens is 6. The number of carbonyl (C=O) groups excluding carboxylic acids is 2. The van der Waals surface area contributed by atoms with E-state index in [9.17, 15) is 48.3 Å². The molecule has 3 aromatic heterocycles. The van der Waals surface area contributed by atoms with Gasteiger partial charge < -0.3 is 45.7 Å². The van der Waals surface area contributed by atoms with Crippen LogP contribution in [0.2, 0.25) is 0 Å². The first-order chi connectivity index (χ1) is 27.4. The fraction of sp³-hybridized carbons (Fsp3) is 0.621. The lowest BCUT2D eigenvalue weighted by atomic mass is 9.89. The molecule has 0 aliphatic carbocycles. The maximum absolute atomic E-state index is 13.7. The summed E-state index contributed by atoms with van der Waals surface area (Å²) in [6, 6.07) is -0.895. The highest BCUT2D eigenvalue weighted by Crippen LogP contribution is 2.56. The second kappa shape index (κ2) is 15.1. The van der Waals surface area contributed by atoms with Gasteiger partial charge in [-0.2, -0.15) is 9.97 Å². The van der Waals surface area contributed by atoms with Crippen molar-refractivity contribution in [2.45, 2.75) is 93.6 Å². The van der Waals surface area contributed by atoms with E-state index < -0.39 is 125 Å². The normalized spacial score (nSPS) is 35.5. The Morgan fingerprint density at radius 1 is 0.931 bits per heavy atom. The lowest BCUT2D eigenvalue weighted by Gasteiger charge is -2.49. The first-order valence-corrected chi connectivity index (χ1v) is 20.7. The number of nitrogens with one attached hydrogen (secondary N) is 2. The zero-order chi connectivity index (χ0) is 41.4. The summed E-state index contributed by atoms with van der Waals surface area (Å²) in [7, 11) is -10.4. The molecule has 2 unspecified atom stereocenters. The van der Waals surface area contributed by atoms with Crippen molar-refractivity contribution < 1.29 is 71.0 Å². The Kier molecular flexibility index (Phi) is 10.6. The molecule has 0 radical (unpaired) electrons. The van der Waals surface area contributed by atoms with Gasteiger partial charge >= 0.3 is 27.4 Å². The van der Waals surface area contributed by atoms with Crippen molar-refractivity contribution in [3.05, 3.63) is 39.4 Å². The van der Waals surface area contributed by atoms with Crippen LogP contribution in [0.4, 0.5) is 16.6 Å². The van der Waals surface area contributed by atoms with E-state index in [0.717, 1.165) is 9.47 Å². The number of phosphoric ester groups is 2. The standard InChI is InChI=1S/C29H38N10O17P2/c1-10-21-23(56-58(48,49)54-12-5-18(51-14(12)7-40)37-3-2-16(30)33-28(37)44)22-13(6-19(53-22)39(21)29(45)36-25(10)42)55-57(46,47)50-8-15-11(41)4-17(52-15)38-9-32-20-24(38)34-27(31)35-26(20)43/h2-3,9-15,17-19,21-23,40-41H,4-8H2,1H3,(H,46,47)(H,48,49)(H2,30,33,44)(H,36,42,45)(H3,31,34,35,43)/t10-,11+,12+,13+,14-,15-,17-,18-,19-,21+,22+,23+/m1/s1. The number of nitrogen functional groups attached to an aromatic ring is 2. The van der Waals surface area contributed by atoms with Crippen molar-refractivity contribution in [2.24, 2.45) is 5.92 Å². The molecular weight excluding hydrogens is 822 g/mol. The Bertz CT molecular complexity index is 2330. The summed E-state index contributed by atoms with van der Waals surface area (Å²) in [6.07, 6.45) is -10.9. The van der Waals surface area contributed by atoms with Crippen molar-refractivity contribution in [3.8, 4) is 0 Å². The van der Waals surface area contributed by atoms with Crippen molar-refractivity contribution in [1.29, 1.82) is 0 Å². The Balaban J connectivity index is 0.971. The molecule has 316 valence electrons. The highest BCUT2D eigenvalue weighted by Gasteiger charge is 2.62. The highest BCUT2D eigenvalue weighted by atomic mass is 31.2. The number of hydrogen-bond acceptors (Lipinski definition) is 20. The van der Waals surface area contributed by atoms with Gasteiger partial charge in [-0.25, -0.2) is 23.7 Å². The van der Waals surface area contributed by atoms with Crippen LogP contribution in [-0.2, 0) is 46.2 Å². The maximum Gasteiger partial charge on any atom is 0.472 e. The first-order valence-electron chi connectivity index (χ1n) is 17.7. The lowest BCUT2D eigenvalue weighted by Crippen LogP contribution is -2.69. The van der Waals surface area contributed by atoms with Crippen LogP contribution in [-0.4, -0.2) is 134 Å². The van der Waals surface area contributed by atoms with Gasteiger partial charge in [-0.1, -0.05) is 6.92 Å². The smallest absolute Gasteiger partial charge is 0.394 e. The number of aliphatic hydroxyl groups excluding tert-OH is 2. The zero-order valence-electron chi connectivity index (χ0n) is 30.0. The molecule has 0 aromatic carbocycles. The second-order valence-corrected chi connectivity index (χ2v) is 16.9. The number of fused-ring (bicyclic) bond motifs is 5. The predicted octanol–water partition coefficient (Wildman–Crippen LogP) is -2.47. The van der Waals surface area contributed by atoms with Crippen LogP contribution in [0.5, 0.6) is 0 Å². The number of H-pyrrole nitrogens is 1. The van der Waals surface area contributed by atoms with Gasteiger partial charge in [0.25, 0.3) is 5.56 Å². The van der Waals surface area contributed by atoms with Crippen molar-refractivity contribution in [3.63, 3.8) is 0 Å². The Hall–Kier alpha value is -4.21. The number of nitrogens with two attached hydrogens (primary N) is 2. The van der Waals surface area contributed by atoms with E-state index in [4.69, 9.17) is 43.8 Å². The molecule has 3 aromatic rings. The molecule has 58 heavy (non-hydrogen) atoms. The molecule has 0 spiro atoms. The lowest BCUT2D eigenvalue weighted by molar-refractivity contribution is -0.185. The average molecular weight is 861 g/mol. The van der Waals surface area contributed by atoms with E-state index in [-0.39, 0.29) is 42.2 Å². The van der Waals surface area contributed by atoms with Crippen LogP contribution in [0.3, 0.4) is 0 Å². The average Bonchev–Trinajstić information content (AvgIpc) is 3.92. The fourth-order valence-electron chi connectivity index (χ4n) is 7.83. The minimum Gasteiger partial charge on any atom is -0.394 e. The van der Waals surface area contributed by atoms with Gasteiger partial charge in [0.1, 0.15) is 61.1 Å². The molecule has 5 fully saturated rings. The van der Waals surface area contributed by atoms with Crippen molar-refractivity contribution in [1.82, 2.24) is 39.3 Å². The summed E-state index contributed by atoms with van der Waals surface area (Å²) < 4.78 is 68.8. The summed E-state index contributed by atoms with van der Waals surface area (Å²) in [5, 5.41) is 22.9. The molecule has 14 atom stereocenters. The summed E-state index contributed by atoms with van der Waals surface area (Å²) >= 11 is 0. The molecule has 3 amide bonds. The van der Waals surface area contributed by atoms with Gasteiger partial charge in [-0.15, -0.1) is 0 Å². The summed E-state index contributed by atoms with van der Waals surface area (Å²) in [5.74, 6) is -2.07. The third kappa shape index (κ3) is 7.58. The number of carbonyl (C=O) groups is 2. The largest absolute Gasteiger partial charge is 0.472 e. The first kappa shape index (κ1) is 40.6. The second-order valence-electron chi connectivity index (χ2n) is 14.2. The van der Waals surface area contributed by atoms with Gasteiger partial charge in [-0.05, 0) is 6.07 Å². The van der Waals surface area contributed by atoms with Crippen LogP contribution in [0.15, 0.2) is 28.2 Å². The molecule has 8 heterocycles. The van der Waals surface area contributed by atoms with Crippen LogP contribution < -0.4 is 28.0 Å². The SMILES string of the molecule is C[C@H]1C(=O)NC(=O)N2[C@@H]1[C@H](OP(=O)(O)O[C@H]1C[C@H](n3ccc(N)nc3=O)O[C@@H]1CO)[C@H]1O[C@@H]2C[C@@H]1OP(=O)(O)OC[C@H]1O[C@@H](n2cnc3c(=O)[nH]c(N)nc32)C[C@@H]1O. The zero-order valence-corrected chi connectivity index (χ0v) is 31.8. The summed E-state index contributed by atoms with van der Waals surface area (Å²) in [5.41, 5.74) is 9.85. The number of aromatic amines is 1. The van der Waals surface area contributed by atoms with E-state index in [1.807, 2.05) is 0 Å². The molecular formula is C29H38N10O17P2. The van der Waals surface area contributed by atoms with E-state index in [2.05, 4.69) is 25.3 Å². The minimum atomic E-state index is -5.28. The van der Waals surface area contributed by atoms with Gasteiger partial charge in [0.15, 0.2) is 11.2 Å². The summed E-state index contributed by atoms with van der Waals surface area (Å²) in [6.45, 7) is 0.0226. The number of aliphatic hydroxyl groups is 2. The van der Waals surface area contributed by atoms with Crippen LogP contribution >= 0.6 is 15.6 Å². The predicted molar refractivity (Wildman–Crippen MR) is 187 cm³/mol. The van der Waals surface area contributed by atoms with E-state index in [1.54, 1.807) is 0 Å². The molecule has 10 N–H and O–H groups in total. The third-order valence-corrected chi connectivity index (χ3v) is 12.5. The van der Waals surface area contributed by atoms with Crippen LogP contribution in [0.1, 0.15) is 38.6 Å². The van der Waals surface area contributed by atoms with E-state index in [0.29, 0.717) is 0 Å². The molecule has 5 saturated heterocycles. The van der Waals surface area contributed by atoms with Gasteiger partial charge in [-0.3, -0.25) is 52.0 Å². The number of amides is 3. The molecule has 5 aliphatic rings. The number of ether oxygens (including phenoxy) is 3. The number of anilines is 2. The number of imidazole rings is 1. The van der Waals surface area contributed by atoms with Gasteiger partial charge in [0, 0.05) is 25.5 Å². The fourth-order valence-corrected chi connectivity index (χ4v) is 9.94. The molecule has 29 heteroatoms. The number of rotatable bonds is 12. The summed E-state index contributed by atoms with van der Waals surface area (Å²) in [4.78, 5) is 87.6. The molecule has 5 aliphatic heterocycles. The Morgan fingerprint density at radius 3 is 2.38 bits per heavy atom. The van der Waals surface area contributed by atoms with Crippen LogP contribution in [0, 0.1) is 5.92 Å². The van der Waals surface area contributed by atoms with E-state index in [1.165, 1.54) is 30.1 Å².